The smallest absolute Gasteiger partial charge is 0.115 e. The van der Waals surface area contributed by atoms with Crippen LogP contribution in [0.15, 0.2) is 18.7 Å². The molecule has 0 aromatic carbocycles. The zero-order valence-corrected chi connectivity index (χ0v) is 8.95. The van der Waals surface area contributed by atoms with Crippen molar-refractivity contribution in [2.45, 2.75) is 25.9 Å². The predicted octanol–water partition coefficient (Wildman–Crippen LogP) is 1.70. The Morgan fingerprint density at radius 1 is 1.36 bits per heavy atom. The van der Waals surface area contributed by atoms with Crippen LogP contribution in [-0.4, -0.2) is 29.2 Å². The number of nitrogens with zero attached hydrogens (tertiary/aromatic N) is 2. The average Bonchev–Trinajstić information content (AvgIpc) is 2.19. The van der Waals surface area contributed by atoms with Crippen LogP contribution < -0.4 is 5.32 Å². The van der Waals surface area contributed by atoms with Crippen molar-refractivity contribution < 1.29 is 4.74 Å². The first-order valence-electron chi connectivity index (χ1n) is 4.68. The zero-order valence-electron chi connectivity index (χ0n) is 8.95. The van der Waals surface area contributed by atoms with E-state index in [9.17, 15) is 0 Å². The van der Waals surface area contributed by atoms with Gasteiger partial charge in [0.2, 0.25) is 0 Å². The van der Waals surface area contributed by atoms with Crippen molar-refractivity contribution in [3.63, 3.8) is 0 Å². The lowest BCUT2D eigenvalue weighted by atomic mass is 10.1. The fraction of sp³-hybridized carbons (Fsp3) is 0.600. The van der Waals surface area contributed by atoms with E-state index < -0.39 is 0 Å². The molecule has 0 fully saturated rings. The normalized spacial score (nSPS) is 11.4. The highest BCUT2D eigenvalue weighted by Crippen LogP contribution is 2.12. The van der Waals surface area contributed by atoms with Gasteiger partial charge in [0.1, 0.15) is 6.33 Å². The summed E-state index contributed by atoms with van der Waals surface area (Å²) in [4.78, 5) is 7.83. The molecule has 0 unspecified atom stereocenters. The quantitative estimate of drug-likeness (QED) is 0.777. The molecule has 1 N–H and O–H groups in total. The molecule has 4 nitrogen and oxygen atoms in total. The second-order valence-electron chi connectivity index (χ2n) is 3.77. The maximum Gasteiger partial charge on any atom is 0.115 e. The van der Waals surface area contributed by atoms with Gasteiger partial charge in [-0.15, -0.1) is 0 Å². The lowest BCUT2D eigenvalue weighted by Gasteiger charge is -2.22. The summed E-state index contributed by atoms with van der Waals surface area (Å²) in [6.07, 6.45) is 5.97. The lowest BCUT2D eigenvalue weighted by Crippen LogP contribution is -2.25. The monoisotopic (exact) mass is 195 g/mol. The van der Waals surface area contributed by atoms with E-state index in [-0.39, 0.29) is 5.60 Å². The van der Waals surface area contributed by atoms with Gasteiger partial charge >= 0.3 is 0 Å². The van der Waals surface area contributed by atoms with Crippen LogP contribution in [-0.2, 0) is 4.74 Å². The molecule has 0 amide bonds. The Hall–Kier alpha value is -1.16. The molecule has 78 valence electrons. The van der Waals surface area contributed by atoms with E-state index >= 15 is 0 Å². The van der Waals surface area contributed by atoms with Crippen LogP contribution in [0.2, 0.25) is 0 Å². The number of anilines is 1. The summed E-state index contributed by atoms with van der Waals surface area (Å²) in [6, 6.07) is 0. The van der Waals surface area contributed by atoms with Crippen LogP contribution in [0, 0.1) is 0 Å². The molecule has 14 heavy (non-hydrogen) atoms. The van der Waals surface area contributed by atoms with E-state index in [4.69, 9.17) is 4.74 Å². The van der Waals surface area contributed by atoms with Gasteiger partial charge in [-0.05, 0) is 20.3 Å². The molecule has 0 aliphatic heterocycles. The van der Waals surface area contributed by atoms with Crippen molar-refractivity contribution in [2.24, 2.45) is 0 Å². The third-order valence-corrected chi connectivity index (χ3v) is 2.17. The number of aromatic nitrogens is 2. The number of ether oxygens (including phenoxy) is 1. The largest absolute Gasteiger partial charge is 0.382 e. The Balaban J connectivity index is 2.29. The molecule has 0 bridgehead atoms. The van der Waals surface area contributed by atoms with E-state index in [0.29, 0.717) is 0 Å². The molecule has 0 saturated carbocycles. The van der Waals surface area contributed by atoms with Gasteiger partial charge in [0, 0.05) is 13.7 Å². The number of hydrogen-bond donors (Lipinski definition) is 1. The highest BCUT2D eigenvalue weighted by molar-refractivity contribution is 5.36. The fourth-order valence-electron chi connectivity index (χ4n) is 1.00. The predicted molar refractivity (Wildman–Crippen MR) is 56.2 cm³/mol. The first-order valence-corrected chi connectivity index (χ1v) is 4.68. The van der Waals surface area contributed by atoms with Crippen molar-refractivity contribution in [3.05, 3.63) is 18.7 Å². The van der Waals surface area contributed by atoms with Crippen LogP contribution >= 0.6 is 0 Å². The zero-order chi connectivity index (χ0) is 10.4. The molecule has 0 saturated heterocycles. The van der Waals surface area contributed by atoms with Crippen molar-refractivity contribution in [1.82, 2.24) is 9.97 Å². The van der Waals surface area contributed by atoms with Crippen molar-refractivity contribution in [3.8, 4) is 0 Å². The second kappa shape index (κ2) is 4.91. The van der Waals surface area contributed by atoms with Gasteiger partial charge < -0.3 is 10.1 Å². The molecule has 0 aliphatic carbocycles. The van der Waals surface area contributed by atoms with E-state index in [1.54, 1.807) is 19.5 Å². The van der Waals surface area contributed by atoms with Gasteiger partial charge in [-0.2, -0.15) is 0 Å². The number of nitrogens with one attached hydrogen (secondary N) is 1. The van der Waals surface area contributed by atoms with Gasteiger partial charge in [0.25, 0.3) is 0 Å². The van der Waals surface area contributed by atoms with Crippen molar-refractivity contribution in [1.29, 1.82) is 0 Å². The maximum absolute atomic E-state index is 5.30. The molecule has 0 aliphatic rings. The Morgan fingerprint density at radius 3 is 2.57 bits per heavy atom. The van der Waals surface area contributed by atoms with Crippen molar-refractivity contribution in [2.75, 3.05) is 19.0 Å². The third-order valence-electron chi connectivity index (χ3n) is 2.17. The number of methoxy groups -OCH3 is 1. The van der Waals surface area contributed by atoms with Crippen LogP contribution in [0.3, 0.4) is 0 Å². The van der Waals surface area contributed by atoms with Crippen molar-refractivity contribution >= 4 is 5.69 Å². The fourth-order valence-corrected chi connectivity index (χ4v) is 1.00. The summed E-state index contributed by atoms with van der Waals surface area (Å²) in [5.41, 5.74) is 0.863. The highest BCUT2D eigenvalue weighted by Gasteiger charge is 2.14. The minimum absolute atomic E-state index is 0.0807. The van der Waals surface area contributed by atoms with Gasteiger partial charge in [0.05, 0.1) is 23.7 Å². The topological polar surface area (TPSA) is 47.0 Å². The molecule has 0 atom stereocenters. The molecular formula is C10H17N3O. The Labute approximate surface area is 84.7 Å². The molecule has 1 rings (SSSR count). The third kappa shape index (κ3) is 3.70. The summed E-state index contributed by atoms with van der Waals surface area (Å²) in [7, 11) is 1.73. The minimum atomic E-state index is -0.0807. The van der Waals surface area contributed by atoms with E-state index in [0.717, 1.165) is 18.7 Å². The van der Waals surface area contributed by atoms with Gasteiger partial charge in [-0.25, -0.2) is 9.97 Å². The second-order valence-corrected chi connectivity index (χ2v) is 3.77. The van der Waals surface area contributed by atoms with E-state index in [1.165, 1.54) is 6.33 Å². The Bertz CT molecular complexity index is 261. The first kappa shape index (κ1) is 10.9. The molecule has 1 aromatic heterocycles. The van der Waals surface area contributed by atoms with Crippen LogP contribution in [0.25, 0.3) is 0 Å². The summed E-state index contributed by atoms with van der Waals surface area (Å²) >= 11 is 0. The van der Waals surface area contributed by atoms with Crippen LogP contribution in [0.1, 0.15) is 20.3 Å². The van der Waals surface area contributed by atoms with Crippen LogP contribution in [0.5, 0.6) is 0 Å². The number of hydrogen-bond acceptors (Lipinski definition) is 4. The minimum Gasteiger partial charge on any atom is -0.382 e. The van der Waals surface area contributed by atoms with E-state index in [2.05, 4.69) is 29.1 Å². The molecular weight excluding hydrogens is 178 g/mol. The summed E-state index contributed by atoms with van der Waals surface area (Å²) < 4.78 is 5.30. The molecule has 1 heterocycles. The van der Waals surface area contributed by atoms with Crippen LogP contribution in [0.4, 0.5) is 5.69 Å². The summed E-state index contributed by atoms with van der Waals surface area (Å²) in [6.45, 7) is 4.99. The van der Waals surface area contributed by atoms with Gasteiger partial charge in [0.15, 0.2) is 0 Å². The summed E-state index contributed by atoms with van der Waals surface area (Å²) in [5, 5.41) is 3.23. The molecule has 0 spiro atoms. The average molecular weight is 195 g/mol. The Morgan fingerprint density at radius 2 is 2.00 bits per heavy atom. The SMILES string of the molecule is COC(C)(C)CCNc1cncnc1. The van der Waals surface area contributed by atoms with E-state index in [1.807, 2.05) is 0 Å². The summed E-state index contributed by atoms with van der Waals surface area (Å²) in [5.74, 6) is 0. The highest BCUT2D eigenvalue weighted by atomic mass is 16.5. The Kier molecular flexibility index (Phi) is 3.83. The standard InChI is InChI=1S/C10H17N3O/c1-10(2,14-3)4-5-13-9-6-11-8-12-7-9/h6-8,13H,4-5H2,1-3H3. The molecule has 1 aromatic rings. The lowest BCUT2D eigenvalue weighted by molar-refractivity contribution is 0.0185. The maximum atomic E-state index is 5.30. The first-order chi connectivity index (χ1) is 6.64. The van der Waals surface area contributed by atoms with Gasteiger partial charge in [-0.1, -0.05) is 0 Å². The van der Waals surface area contributed by atoms with Gasteiger partial charge in [-0.3, -0.25) is 0 Å². The molecule has 0 radical (unpaired) electrons. The molecule has 4 heteroatoms. The number of rotatable bonds is 5.